The normalized spacial score (nSPS) is 12.2. The molecule has 0 aliphatic rings. The lowest BCUT2D eigenvalue weighted by atomic mass is 10.2. The van der Waals surface area contributed by atoms with Gasteiger partial charge >= 0.3 is 0 Å². The van der Waals surface area contributed by atoms with Crippen molar-refractivity contribution in [3.05, 3.63) is 60.8 Å². The minimum atomic E-state index is -3.72. The van der Waals surface area contributed by atoms with E-state index in [2.05, 4.69) is 9.71 Å². The highest BCUT2D eigenvalue weighted by Crippen LogP contribution is 2.23. The standard InChI is InChI=1S/C20H22N2O5S2/c1-2-28(23,24)17-9-11-18(12-10-17)29(25,26)22-14-5-15-27-19-8-3-6-16-7-4-13-21-20(16)19/h3-4,6-13,22H,2,5,14-15H2,1H3. The van der Waals surface area contributed by atoms with Crippen molar-refractivity contribution in [2.24, 2.45) is 0 Å². The third-order valence-electron chi connectivity index (χ3n) is 4.34. The first-order valence-corrected chi connectivity index (χ1v) is 12.3. The first-order valence-electron chi connectivity index (χ1n) is 9.12. The molecule has 0 saturated heterocycles. The molecule has 3 aromatic rings. The molecule has 0 fully saturated rings. The summed E-state index contributed by atoms with van der Waals surface area (Å²) in [5, 5.41) is 0.972. The molecule has 0 aliphatic heterocycles. The predicted molar refractivity (Wildman–Crippen MR) is 111 cm³/mol. The van der Waals surface area contributed by atoms with Crippen LogP contribution in [0.15, 0.2) is 70.6 Å². The summed E-state index contributed by atoms with van der Waals surface area (Å²) in [5.41, 5.74) is 0.762. The SMILES string of the molecule is CCS(=O)(=O)c1ccc(S(=O)(=O)NCCCOc2cccc3cccnc23)cc1. The monoisotopic (exact) mass is 434 g/mol. The van der Waals surface area contributed by atoms with E-state index in [4.69, 9.17) is 4.74 Å². The maximum atomic E-state index is 12.4. The lowest BCUT2D eigenvalue weighted by Crippen LogP contribution is -2.26. The molecule has 1 heterocycles. The fourth-order valence-corrected chi connectivity index (χ4v) is 4.69. The molecule has 0 radical (unpaired) electrons. The van der Waals surface area contributed by atoms with Crippen LogP contribution in [-0.4, -0.2) is 40.7 Å². The second-order valence-electron chi connectivity index (χ2n) is 6.31. The Morgan fingerprint density at radius 3 is 2.34 bits per heavy atom. The Morgan fingerprint density at radius 1 is 0.931 bits per heavy atom. The summed E-state index contributed by atoms with van der Waals surface area (Å²) in [6, 6.07) is 14.7. The molecular weight excluding hydrogens is 412 g/mol. The minimum absolute atomic E-state index is 0.0201. The molecule has 2 aromatic carbocycles. The molecule has 7 nitrogen and oxygen atoms in total. The number of nitrogens with zero attached hydrogens (tertiary/aromatic N) is 1. The van der Waals surface area contributed by atoms with Crippen LogP contribution in [0, 0.1) is 0 Å². The number of pyridine rings is 1. The van der Waals surface area contributed by atoms with Gasteiger partial charge in [0.15, 0.2) is 9.84 Å². The van der Waals surface area contributed by atoms with Crippen LogP contribution in [0.2, 0.25) is 0 Å². The third kappa shape index (κ3) is 5.11. The van der Waals surface area contributed by atoms with Crippen molar-refractivity contribution in [2.75, 3.05) is 18.9 Å². The van der Waals surface area contributed by atoms with Crippen molar-refractivity contribution in [3.63, 3.8) is 0 Å². The summed E-state index contributed by atoms with van der Waals surface area (Å²) in [6.07, 6.45) is 2.16. The first kappa shape index (κ1) is 21.2. The lowest BCUT2D eigenvalue weighted by molar-refractivity contribution is 0.314. The van der Waals surface area contributed by atoms with Crippen LogP contribution in [0.4, 0.5) is 0 Å². The Bertz CT molecular complexity index is 1190. The second-order valence-corrected chi connectivity index (χ2v) is 10.4. The Balaban J connectivity index is 1.54. The number of sulfonamides is 1. The number of nitrogens with one attached hydrogen (secondary N) is 1. The zero-order chi connectivity index (χ0) is 20.9. The van der Waals surface area contributed by atoms with E-state index in [1.54, 1.807) is 6.20 Å². The fraction of sp³-hybridized carbons (Fsp3) is 0.250. The van der Waals surface area contributed by atoms with Crippen molar-refractivity contribution in [2.45, 2.75) is 23.1 Å². The number of fused-ring (bicyclic) bond motifs is 1. The van der Waals surface area contributed by atoms with Gasteiger partial charge in [-0.2, -0.15) is 0 Å². The molecule has 29 heavy (non-hydrogen) atoms. The van der Waals surface area contributed by atoms with Crippen LogP contribution in [-0.2, 0) is 19.9 Å². The molecule has 0 bridgehead atoms. The van der Waals surface area contributed by atoms with Crippen molar-refractivity contribution in [1.82, 2.24) is 9.71 Å². The van der Waals surface area contributed by atoms with Crippen LogP contribution in [0.5, 0.6) is 5.75 Å². The molecule has 0 unspecified atom stereocenters. The summed E-state index contributed by atoms with van der Waals surface area (Å²) in [5.74, 6) is 0.613. The molecule has 0 saturated carbocycles. The highest BCUT2D eigenvalue weighted by Gasteiger charge is 2.16. The minimum Gasteiger partial charge on any atom is -0.491 e. The second kappa shape index (κ2) is 8.89. The highest BCUT2D eigenvalue weighted by atomic mass is 32.2. The van der Waals surface area contributed by atoms with E-state index in [9.17, 15) is 16.8 Å². The molecule has 0 aliphatic carbocycles. The van der Waals surface area contributed by atoms with Gasteiger partial charge in [0.05, 0.1) is 22.2 Å². The molecule has 0 spiro atoms. The Morgan fingerprint density at radius 2 is 1.62 bits per heavy atom. The van der Waals surface area contributed by atoms with Gasteiger partial charge in [0.2, 0.25) is 10.0 Å². The number of ether oxygens (including phenoxy) is 1. The zero-order valence-corrected chi connectivity index (χ0v) is 17.5. The third-order valence-corrected chi connectivity index (χ3v) is 7.57. The van der Waals surface area contributed by atoms with Crippen molar-refractivity contribution < 1.29 is 21.6 Å². The van der Waals surface area contributed by atoms with Crippen LogP contribution >= 0.6 is 0 Å². The van der Waals surface area contributed by atoms with Gasteiger partial charge in [0, 0.05) is 18.1 Å². The van der Waals surface area contributed by atoms with Crippen LogP contribution in [0.3, 0.4) is 0 Å². The average Bonchev–Trinajstić information content (AvgIpc) is 2.73. The van der Waals surface area contributed by atoms with Gasteiger partial charge in [0.25, 0.3) is 0 Å². The van der Waals surface area contributed by atoms with Gasteiger partial charge in [-0.1, -0.05) is 25.1 Å². The largest absolute Gasteiger partial charge is 0.491 e. The predicted octanol–water partition coefficient (Wildman–Crippen LogP) is 2.78. The Labute approximate surface area is 170 Å². The molecule has 154 valence electrons. The fourth-order valence-electron chi connectivity index (χ4n) is 2.73. The summed E-state index contributed by atoms with van der Waals surface area (Å²) in [4.78, 5) is 4.44. The number of hydrogen-bond donors (Lipinski definition) is 1. The van der Waals surface area contributed by atoms with Gasteiger partial charge < -0.3 is 4.74 Å². The van der Waals surface area contributed by atoms with Gasteiger partial charge in [-0.05, 0) is 42.8 Å². The number of benzene rings is 2. The highest BCUT2D eigenvalue weighted by molar-refractivity contribution is 7.91. The Hall–Kier alpha value is -2.49. The number of rotatable bonds is 9. The van der Waals surface area contributed by atoms with Crippen LogP contribution < -0.4 is 9.46 Å². The number of hydrogen-bond acceptors (Lipinski definition) is 6. The van der Waals surface area contributed by atoms with Gasteiger partial charge in [-0.25, -0.2) is 21.6 Å². The molecule has 1 N–H and O–H groups in total. The Kier molecular flexibility index (Phi) is 6.51. The van der Waals surface area contributed by atoms with Crippen molar-refractivity contribution >= 4 is 30.8 Å². The lowest BCUT2D eigenvalue weighted by Gasteiger charge is -2.10. The van der Waals surface area contributed by atoms with E-state index in [1.807, 2.05) is 30.3 Å². The number of aromatic nitrogens is 1. The number of sulfone groups is 1. The summed E-state index contributed by atoms with van der Waals surface area (Å²) >= 11 is 0. The first-order chi connectivity index (χ1) is 13.8. The van der Waals surface area contributed by atoms with E-state index < -0.39 is 19.9 Å². The molecule has 0 atom stereocenters. The van der Waals surface area contributed by atoms with Gasteiger partial charge in [-0.3, -0.25) is 4.98 Å². The topological polar surface area (TPSA) is 102 Å². The quantitative estimate of drug-likeness (QED) is 0.520. The van der Waals surface area contributed by atoms with E-state index >= 15 is 0 Å². The van der Waals surface area contributed by atoms with E-state index in [-0.39, 0.29) is 22.1 Å². The smallest absolute Gasteiger partial charge is 0.240 e. The summed E-state index contributed by atoms with van der Waals surface area (Å²) in [7, 11) is -7.09. The van der Waals surface area contributed by atoms with Gasteiger partial charge in [-0.15, -0.1) is 0 Å². The van der Waals surface area contributed by atoms with Crippen LogP contribution in [0.1, 0.15) is 13.3 Å². The summed E-state index contributed by atoms with van der Waals surface area (Å²) < 4.78 is 56.6. The van der Waals surface area contributed by atoms with E-state index in [1.165, 1.54) is 31.2 Å². The van der Waals surface area contributed by atoms with Gasteiger partial charge in [0.1, 0.15) is 11.3 Å². The maximum absolute atomic E-state index is 12.4. The number of para-hydroxylation sites is 1. The van der Waals surface area contributed by atoms with Crippen molar-refractivity contribution in [3.8, 4) is 5.75 Å². The molecule has 1 aromatic heterocycles. The van der Waals surface area contributed by atoms with E-state index in [0.29, 0.717) is 18.8 Å². The molecule has 3 rings (SSSR count). The van der Waals surface area contributed by atoms with Crippen molar-refractivity contribution in [1.29, 1.82) is 0 Å². The average molecular weight is 435 g/mol. The zero-order valence-electron chi connectivity index (χ0n) is 15.9. The molecule has 9 heteroatoms. The maximum Gasteiger partial charge on any atom is 0.240 e. The van der Waals surface area contributed by atoms with Crippen LogP contribution in [0.25, 0.3) is 10.9 Å². The van der Waals surface area contributed by atoms with E-state index in [0.717, 1.165) is 10.9 Å². The molecular formula is C20H22N2O5S2. The molecule has 0 amide bonds. The summed E-state index contributed by atoms with van der Waals surface area (Å²) in [6.45, 7) is 2.05.